The van der Waals surface area contributed by atoms with Gasteiger partial charge in [-0.15, -0.1) is 27.8 Å². The normalized spacial score (nSPS) is 10.5. The molecule has 3 amide bonds. The molecule has 3 rings (SSSR count). The molecular formula is C14H12N4O4S2. The van der Waals surface area contributed by atoms with Gasteiger partial charge in [0.2, 0.25) is 5.91 Å². The Balaban J connectivity index is 1.55. The van der Waals surface area contributed by atoms with Gasteiger partial charge in [-0.05, 0) is 22.9 Å². The number of thiophene rings is 2. The van der Waals surface area contributed by atoms with Gasteiger partial charge in [0, 0.05) is 4.88 Å². The number of nitrogens with one attached hydrogen (secondary N) is 2. The van der Waals surface area contributed by atoms with Crippen LogP contribution in [0.2, 0.25) is 0 Å². The smallest absolute Gasteiger partial charge is 0.387 e. The third-order valence-corrected chi connectivity index (χ3v) is 4.62. The van der Waals surface area contributed by atoms with E-state index in [0.717, 1.165) is 9.56 Å². The van der Waals surface area contributed by atoms with E-state index in [4.69, 9.17) is 4.42 Å². The molecule has 3 heterocycles. The minimum Gasteiger partial charge on any atom is -0.387 e. The summed E-state index contributed by atoms with van der Waals surface area (Å²) in [6.07, 6.45) is 0. The van der Waals surface area contributed by atoms with E-state index in [1.54, 1.807) is 12.1 Å². The van der Waals surface area contributed by atoms with Crippen LogP contribution in [0.4, 0.5) is 4.79 Å². The van der Waals surface area contributed by atoms with Gasteiger partial charge in [0.25, 0.3) is 5.89 Å². The topological polar surface area (TPSA) is 106 Å². The Morgan fingerprint density at radius 2 is 2.00 bits per heavy atom. The summed E-state index contributed by atoms with van der Waals surface area (Å²) in [5, 5.41) is 12.3. The highest BCUT2D eigenvalue weighted by Crippen LogP contribution is 2.20. The Hall–Kier alpha value is -2.72. The summed E-state index contributed by atoms with van der Waals surface area (Å²) >= 11 is 2.86. The van der Waals surface area contributed by atoms with Crippen molar-refractivity contribution in [3.63, 3.8) is 0 Å². The molecule has 0 saturated carbocycles. The zero-order chi connectivity index (χ0) is 16.9. The standard InChI is InChI=1S/C14H12N4O4S2/c19-11(16-13(20)15-7-9-3-1-5-23-9)8-18-14(21)22-12(17-18)10-4-2-6-24-10/h1-6H,7-8H2,(H2,15,16,19,20). The zero-order valence-corrected chi connectivity index (χ0v) is 13.9. The molecule has 0 bridgehead atoms. The van der Waals surface area contributed by atoms with Crippen molar-refractivity contribution in [1.29, 1.82) is 0 Å². The van der Waals surface area contributed by atoms with Crippen LogP contribution >= 0.6 is 22.7 Å². The Kier molecular flexibility index (Phi) is 4.87. The number of nitrogens with zero attached hydrogens (tertiary/aromatic N) is 2. The van der Waals surface area contributed by atoms with Crippen molar-refractivity contribution in [2.24, 2.45) is 0 Å². The van der Waals surface area contributed by atoms with Crippen LogP contribution in [-0.2, 0) is 17.9 Å². The molecule has 0 aliphatic heterocycles. The molecule has 0 aliphatic rings. The Bertz CT molecular complexity index is 880. The number of imide groups is 1. The molecule has 0 aliphatic carbocycles. The van der Waals surface area contributed by atoms with E-state index in [1.807, 2.05) is 22.9 Å². The van der Waals surface area contributed by atoms with Crippen LogP contribution in [0.25, 0.3) is 10.8 Å². The van der Waals surface area contributed by atoms with Crippen molar-refractivity contribution in [2.75, 3.05) is 0 Å². The number of amides is 3. The predicted octanol–water partition coefficient (Wildman–Crippen LogP) is 1.65. The highest BCUT2D eigenvalue weighted by Gasteiger charge is 2.15. The molecule has 0 aromatic carbocycles. The third kappa shape index (κ3) is 3.97. The summed E-state index contributed by atoms with van der Waals surface area (Å²) in [6.45, 7) is -0.0800. The van der Waals surface area contributed by atoms with Gasteiger partial charge in [0.15, 0.2) is 0 Å². The lowest BCUT2D eigenvalue weighted by atomic mass is 10.5. The molecule has 0 unspecified atom stereocenters. The lowest BCUT2D eigenvalue weighted by Crippen LogP contribution is -2.41. The van der Waals surface area contributed by atoms with Crippen LogP contribution in [0, 0.1) is 0 Å². The SMILES string of the molecule is O=C(Cn1nc(-c2cccs2)oc1=O)NC(=O)NCc1cccs1. The summed E-state index contributed by atoms with van der Waals surface area (Å²) in [5.74, 6) is -1.27. The summed E-state index contributed by atoms with van der Waals surface area (Å²) in [4.78, 5) is 36.8. The fraction of sp³-hybridized carbons (Fsp3) is 0.143. The molecule has 0 fully saturated rings. The first-order valence-electron chi connectivity index (χ1n) is 6.84. The Morgan fingerprint density at radius 3 is 2.71 bits per heavy atom. The lowest BCUT2D eigenvalue weighted by molar-refractivity contribution is -0.120. The number of hydrogen-bond acceptors (Lipinski definition) is 7. The quantitative estimate of drug-likeness (QED) is 0.716. The Morgan fingerprint density at radius 1 is 1.21 bits per heavy atom. The van der Waals surface area contributed by atoms with E-state index in [1.165, 1.54) is 22.7 Å². The van der Waals surface area contributed by atoms with Gasteiger partial charge < -0.3 is 9.73 Å². The van der Waals surface area contributed by atoms with Crippen molar-refractivity contribution in [2.45, 2.75) is 13.1 Å². The van der Waals surface area contributed by atoms with Gasteiger partial charge in [-0.3, -0.25) is 10.1 Å². The number of aromatic nitrogens is 2. The highest BCUT2D eigenvalue weighted by atomic mass is 32.1. The summed E-state index contributed by atoms with van der Waals surface area (Å²) in [6, 6.07) is 6.64. The molecule has 3 aromatic heterocycles. The number of rotatable bonds is 5. The molecule has 2 N–H and O–H groups in total. The van der Waals surface area contributed by atoms with E-state index in [0.29, 0.717) is 11.4 Å². The van der Waals surface area contributed by atoms with E-state index < -0.39 is 24.2 Å². The monoisotopic (exact) mass is 364 g/mol. The zero-order valence-electron chi connectivity index (χ0n) is 12.2. The van der Waals surface area contributed by atoms with Gasteiger partial charge in [-0.2, -0.15) is 4.68 Å². The molecule has 10 heteroatoms. The van der Waals surface area contributed by atoms with Crippen LogP contribution < -0.4 is 16.4 Å². The van der Waals surface area contributed by atoms with Crippen LogP contribution in [-0.4, -0.2) is 21.7 Å². The average molecular weight is 364 g/mol. The van der Waals surface area contributed by atoms with Crippen LogP contribution in [0.1, 0.15) is 4.88 Å². The Labute approximate surface area is 143 Å². The van der Waals surface area contributed by atoms with Crippen molar-refractivity contribution in [3.8, 4) is 10.8 Å². The molecule has 0 saturated heterocycles. The van der Waals surface area contributed by atoms with Crippen molar-refractivity contribution in [1.82, 2.24) is 20.4 Å². The largest absolute Gasteiger partial charge is 0.437 e. The van der Waals surface area contributed by atoms with Crippen LogP contribution in [0.3, 0.4) is 0 Å². The molecule has 0 radical (unpaired) electrons. The minimum atomic E-state index is -0.757. The first kappa shape index (κ1) is 16.1. The van der Waals surface area contributed by atoms with Gasteiger partial charge in [0.1, 0.15) is 6.54 Å². The van der Waals surface area contributed by atoms with Gasteiger partial charge >= 0.3 is 11.8 Å². The van der Waals surface area contributed by atoms with Crippen LogP contribution in [0.15, 0.2) is 44.2 Å². The van der Waals surface area contributed by atoms with Crippen molar-refractivity contribution < 1.29 is 14.0 Å². The fourth-order valence-electron chi connectivity index (χ4n) is 1.83. The summed E-state index contributed by atoms with van der Waals surface area (Å²) in [7, 11) is 0. The van der Waals surface area contributed by atoms with Crippen LogP contribution in [0.5, 0.6) is 0 Å². The van der Waals surface area contributed by atoms with Crippen molar-refractivity contribution in [3.05, 3.63) is 50.5 Å². The summed E-state index contributed by atoms with van der Waals surface area (Å²) in [5.41, 5.74) is 0. The maximum atomic E-state index is 11.8. The number of urea groups is 1. The first-order valence-corrected chi connectivity index (χ1v) is 8.59. The lowest BCUT2D eigenvalue weighted by Gasteiger charge is -2.05. The second-order valence-electron chi connectivity index (χ2n) is 4.62. The van der Waals surface area contributed by atoms with E-state index in [-0.39, 0.29) is 5.89 Å². The molecule has 3 aromatic rings. The molecule has 24 heavy (non-hydrogen) atoms. The maximum absolute atomic E-state index is 11.8. The number of carbonyl (C=O) groups excluding carboxylic acids is 2. The van der Waals surface area contributed by atoms with E-state index >= 15 is 0 Å². The minimum absolute atomic E-state index is 0.143. The van der Waals surface area contributed by atoms with E-state index in [9.17, 15) is 14.4 Å². The fourth-order valence-corrected chi connectivity index (χ4v) is 3.12. The maximum Gasteiger partial charge on any atom is 0.437 e. The second kappa shape index (κ2) is 7.23. The van der Waals surface area contributed by atoms with Gasteiger partial charge in [-0.1, -0.05) is 12.1 Å². The number of hydrogen-bond donors (Lipinski definition) is 2. The highest BCUT2D eigenvalue weighted by molar-refractivity contribution is 7.13. The number of carbonyl (C=O) groups is 2. The molecule has 8 nitrogen and oxygen atoms in total. The second-order valence-corrected chi connectivity index (χ2v) is 6.60. The summed E-state index contributed by atoms with van der Waals surface area (Å²) < 4.78 is 5.86. The van der Waals surface area contributed by atoms with Gasteiger partial charge in [-0.25, -0.2) is 9.59 Å². The van der Waals surface area contributed by atoms with E-state index in [2.05, 4.69) is 15.7 Å². The molecule has 124 valence electrons. The van der Waals surface area contributed by atoms with Gasteiger partial charge in [0.05, 0.1) is 11.4 Å². The molecular weight excluding hydrogens is 352 g/mol. The first-order chi connectivity index (χ1) is 11.6. The molecule has 0 atom stereocenters. The predicted molar refractivity (Wildman–Crippen MR) is 88.8 cm³/mol. The van der Waals surface area contributed by atoms with Crippen molar-refractivity contribution >= 4 is 34.6 Å². The average Bonchev–Trinajstić information content (AvgIpc) is 3.27. The molecule has 0 spiro atoms. The third-order valence-electron chi connectivity index (χ3n) is 2.89.